The van der Waals surface area contributed by atoms with Gasteiger partial charge in [-0.05, 0) is 43.2 Å². The molecule has 1 saturated carbocycles. The molecule has 0 bridgehead atoms. The van der Waals surface area contributed by atoms with Gasteiger partial charge >= 0.3 is 0 Å². The van der Waals surface area contributed by atoms with Crippen molar-refractivity contribution in [2.45, 2.75) is 51.2 Å². The van der Waals surface area contributed by atoms with Crippen LogP contribution < -0.4 is 9.75 Å². The Morgan fingerprint density at radius 3 is 2.52 bits per heavy atom. The normalized spacial score (nSPS) is 19.7. The van der Waals surface area contributed by atoms with Gasteiger partial charge < -0.3 is 14.6 Å². The lowest BCUT2D eigenvalue weighted by atomic mass is 9.92. The van der Waals surface area contributed by atoms with Crippen LogP contribution in [0.2, 0.25) is 0 Å². The highest BCUT2D eigenvalue weighted by Crippen LogP contribution is 2.42. The van der Waals surface area contributed by atoms with E-state index in [1.165, 1.54) is 19.3 Å². The second-order valence-corrected chi connectivity index (χ2v) is 8.38. The maximum absolute atomic E-state index is 12.7. The smallest absolute Gasteiger partial charge is 0.196 e. The number of methoxy groups -OCH3 is 1. The van der Waals surface area contributed by atoms with Crippen LogP contribution in [0.15, 0.2) is 59.8 Å². The summed E-state index contributed by atoms with van der Waals surface area (Å²) < 4.78 is 5.34. The Labute approximate surface area is 182 Å². The molecule has 2 heterocycles. The maximum Gasteiger partial charge on any atom is 0.196 e. The lowest BCUT2D eigenvalue weighted by molar-refractivity contribution is -0.111. The van der Waals surface area contributed by atoms with Gasteiger partial charge in [0.1, 0.15) is 5.75 Å². The van der Waals surface area contributed by atoms with Crippen LogP contribution >= 0.6 is 0 Å². The molecule has 0 amide bonds. The molecule has 0 spiro atoms. The number of carbonyl (C=O) groups excluding carboxylic acids is 1. The van der Waals surface area contributed by atoms with Crippen molar-refractivity contribution >= 4 is 28.2 Å². The first-order valence-corrected chi connectivity index (χ1v) is 11.0. The third-order valence-corrected chi connectivity index (χ3v) is 6.46. The summed E-state index contributed by atoms with van der Waals surface area (Å²) in [6.45, 7) is 1.62. The minimum absolute atomic E-state index is 0.00595. The second kappa shape index (κ2) is 8.10. The average molecular weight is 417 g/mol. The van der Waals surface area contributed by atoms with E-state index < -0.39 is 0 Å². The molecule has 0 unspecified atom stereocenters. The van der Waals surface area contributed by atoms with Crippen LogP contribution in [0.4, 0.5) is 5.69 Å². The molecule has 160 valence electrons. The van der Waals surface area contributed by atoms with Gasteiger partial charge in [-0.15, -0.1) is 5.10 Å². The number of nitrogens with zero attached hydrogens (tertiary/aromatic N) is 3. The third-order valence-electron chi connectivity index (χ3n) is 6.46. The Balaban J connectivity index is 1.66. The minimum atomic E-state index is -0.174. The zero-order valence-electron chi connectivity index (χ0n) is 18.0. The number of aromatic amines is 1. The summed E-state index contributed by atoms with van der Waals surface area (Å²) in [5.74, 6) is 1.36. The van der Waals surface area contributed by atoms with E-state index in [2.05, 4.69) is 34.3 Å². The van der Waals surface area contributed by atoms with E-state index in [9.17, 15) is 4.79 Å². The molecule has 1 aliphatic carbocycles. The van der Waals surface area contributed by atoms with E-state index in [0.717, 1.165) is 40.7 Å². The largest absolute Gasteiger partial charge is 0.497 e. The summed E-state index contributed by atoms with van der Waals surface area (Å²) in [5.41, 5.74) is 3.16. The topological polar surface area (TPSA) is 60.9 Å². The van der Waals surface area contributed by atoms with Crippen molar-refractivity contribution in [3.8, 4) is 5.75 Å². The number of rotatable bonds is 5. The fourth-order valence-electron chi connectivity index (χ4n) is 4.95. The highest BCUT2D eigenvalue weighted by molar-refractivity contribution is 6.38. The molecule has 1 N–H and O–H groups in total. The number of Topliss-reactive ketones (excluding diaryl/α,β-unsaturated/α-hetero) is 1. The summed E-state index contributed by atoms with van der Waals surface area (Å²) >= 11 is 0. The molecule has 3 aromatic rings. The number of hydrogen-bond acceptors (Lipinski definition) is 5. The summed E-state index contributed by atoms with van der Waals surface area (Å²) in [6, 6.07) is 16.5. The molecule has 1 fully saturated rings. The molecule has 2 aliphatic rings. The number of aromatic nitrogens is 1. The van der Waals surface area contributed by atoms with Crippen molar-refractivity contribution in [2.24, 2.45) is 5.10 Å². The highest BCUT2D eigenvalue weighted by atomic mass is 16.5. The standard InChI is InChI=1S/C25H28N4O2/c1-17(30)24-27-29(19-12-14-20(31-2)15-13-19)25(28(24)18-8-4-3-5-9-18)22-16-26-23-11-7-6-10-21(22)23/h6-7,10-16,18,25-26H,3-5,8-9H2,1-2H3/t25-/m1/s1. The van der Waals surface area contributed by atoms with Crippen LogP contribution in [0.3, 0.4) is 0 Å². The molecule has 0 radical (unpaired) electrons. The molecule has 5 rings (SSSR count). The molecule has 31 heavy (non-hydrogen) atoms. The first-order chi connectivity index (χ1) is 15.2. The molecule has 1 aliphatic heterocycles. The number of carbonyl (C=O) groups is 1. The molecular formula is C25H28N4O2. The number of amidine groups is 1. The number of fused-ring (bicyclic) bond motifs is 1. The van der Waals surface area contributed by atoms with Crippen molar-refractivity contribution in [2.75, 3.05) is 12.1 Å². The van der Waals surface area contributed by atoms with Crippen molar-refractivity contribution in [3.63, 3.8) is 0 Å². The predicted octanol–water partition coefficient (Wildman–Crippen LogP) is 5.23. The van der Waals surface area contributed by atoms with Crippen molar-refractivity contribution < 1.29 is 9.53 Å². The first-order valence-electron chi connectivity index (χ1n) is 11.0. The van der Waals surface area contributed by atoms with Gasteiger partial charge in [0.05, 0.1) is 12.8 Å². The Hall–Kier alpha value is -3.28. The van der Waals surface area contributed by atoms with Crippen molar-refractivity contribution in [1.82, 2.24) is 9.88 Å². The van der Waals surface area contributed by atoms with Gasteiger partial charge in [0.25, 0.3) is 0 Å². The lowest BCUT2D eigenvalue weighted by Crippen LogP contribution is -2.45. The van der Waals surface area contributed by atoms with Gasteiger partial charge in [0, 0.05) is 35.6 Å². The summed E-state index contributed by atoms with van der Waals surface area (Å²) in [5, 5.41) is 8.05. The van der Waals surface area contributed by atoms with E-state index >= 15 is 0 Å². The number of nitrogens with one attached hydrogen (secondary N) is 1. The molecule has 6 heteroatoms. The maximum atomic E-state index is 12.7. The SMILES string of the molecule is COc1ccc(N2N=C(C(C)=O)N(C3CCCCC3)[C@H]2c2c[nH]c3ccccc23)cc1. The highest BCUT2D eigenvalue weighted by Gasteiger charge is 2.43. The first kappa shape index (κ1) is 19.7. The number of benzene rings is 2. The van der Waals surface area contributed by atoms with Crippen molar-refractivity contribution in [1.29, 1.82) is 0 Å². The van der Waals surface area contributed by atoms with Gasteiger partial charge in [0.15, 0.2) is 17.8 Å². The Morgan fingerprint density at radius 2 is 1.81 bits per heavy atom. The van der Waals surface area contributed by atoms with Crippen LogP contribution in [-0.4, -0.2) is 34.7 Å². The fraction of sp³-hybridized carbons (Fsp3) is 0.360. The number of anilines is 1. The molecule has 1 atom stereocenters. The number of hydrogen-bond donors (Lipinski definition) is 1. The number of hydrazone groups is 1. The monoisotopic (exact) mass is 416 g/mol. The van der Waals surface area contributed by atoms with Gasteiger partial charge in [-0.1, -0.05) is 37.5 Å². The Morgan fingerprint density at radius 1 is 1.06 bits per heavy atom. The molecule has 1 aromatic heterocycles. The van der Waals surface area contributed by atoms with Crippen LogP contribution in [0.1, 0.15) is 50.8 Å². The Kier molecular flexibility index (Phi) is 5.14. The zero-order chi connectivity index (χ0) is 21.4. The number of para-hydroxylation sites is 1. The third kappa shape index (κ3) is 3.46. The molecule has 0 saturated heterocycles. The predicted molar refractivity (Wildman–Crippen MR) is 123 cm³/mol. The molecule has 2 aromatic carbocycles. The van der Waals surface area contributed by atoms with Gasteiger partial charge in [0.2, 0.25) is 0 Å². The molecular weight excluding hydrogens is 388 g/mol. The van der Waals surface area contributed by atoms with Crippen LogP contribution in [0.25, 0.3) is 10.9 Å². The van der Waals surface area contributed by atoms with Crippen LogP contribution in [0.5, 0.6) is 5.75 Å². The van der Waals surface area contributed by atoms with Gasteiger partial charge in [-0.25, -0.2) is 5.01 Å². The van der Waals surface area contributed by atoms with Crippen LogP contribution in [-0.2, 0) is 4.79 Å². The zero-order valence-corrected chi connectivity index (χ0v) is 18.0. The van der Waals surface area contributed by atoms with E-state index in [-0.39, 0.29) is 11.9 Å². The quantitative estimate of drug-likeness (QED) is 0.618. The van der Waals surface area contributed by atoms with Gasteiger partial charge in [-0.2, -0.15) is 0 Å². The fourth-order valence-corrected chi connectivity index (χ4v) is 4.95. The van der Waals surface area contributed by atoms with Gasteiger partial charge in [-0.3, -0.25) is 4.79 Å². The number of H-pyrrole nitrogens is 1. The van der Waals surface area contributed by atoms with E-state index in [0.29, 0.717) is 11.9 Å². The lowest BCUT2D eigenvalue weighted by Gasteiger charge is -2.39. The van der Waals surface area contributed by atoms with E-state index in [1.807, 2.05) is 35.3 Å². The summed E-state index contributed by atoms with van der Waals surface area (Å²) in [4.78, 5) is 18.4. The van der Waals surface area contributed by atoms with Crippen LogP contribution in [0, 0.1) is 0 Å². The van der Waals surface area contributed by atoms with Crippen molar-refractivity contribution in [3.05, 3.63) is 60.3 Å². The number of ketones is 1. The Bertz CT molecular complexity index is 1110. The second-order valence-electron chi connectivity index (χ2n) is 8.38. The number of ether oxygens (including phenoxy) is 1. The van der Waals surface area contributed by atoms with E-state index in [4.69, 9.17) is 9.84 Å². The molecule has 6 nitrogen and oxygen atoms in total. The summed E-state index contributed by atoms with van der Waals surface area (Å²) in [6.07, 6.45) is 7.71. The summed E-state index contributed by atoms with van der Waals surface area (Å²) in [7, 11) is 1.66. The van der Waals surface area contributed by atoms with E-state index in [1.54, 1.807) is 14.0 Å². The average Bonchev–Trinajstić information content (AvgIpc) is 3.41. The minimum Gasteiger partial charge on any atom is -0.497 e.